The Labute approximate surface area is 135 Å². The minimum Gasteiger partial charge on any atom is -0.384 e. The number of amides is 1. The zero-order valence-electron chi connectivity index (χ0n) is 12.1. The van der Waals surface area contributed by atoms with Crippen molar-refractivity contribution in [3.8, 4) is 0 Å². The van der Waals surface area contributed by atoms with Crippen molar-refractivity contribution >= 4 is 29.8 Å². The van der Waals surface area contributed by atoms with E-state index in [1.165, 1.54) is 11.1 Å². The van der Waals surface area contributed by atoms with Crippen LogP contribution in [-0.2, 0) is 16.6 Å². The second-order valence-corrected chi connectivity index (χ2v) is 6.03. The fraction of sp³-hybridized carbons (Fsp3) is 0.294. The quantitative estimate of drug-likeness (QED) is 0.895. The van der Waals surface area contributed by atoms with Crippen LogP contribution in [0.5, 0.6) is 0 Å². The summed E-state index contributed by atoms with van der Waals surface area (Å²) in [6, 6.07) is 12.0. The van der Waals surface area contributed by atoms with Crippen molar-refractivity contribution in [1.29, 1.82) is 0 Å². The lowest BCUT2D eigenvalue weighted by Gasteiger charge is -2.11. The van der Waals surface area contributed by atoms with Gasteiger partial charge in [0.2, 0.25) is 5.91 Å². The number of carbonyl (C=O) groups excluding carboxylic acids is 1. The Morgan fingerprint density at radius 1 is 1.27 bits per heavy atom. The van der Waals surface area contributed by atoms with E-state index in [9.17, 15) is 4.79 Å². The van der Waals surface area contributed by atoms with E-state index in [0.717, 1.165) is 19.3 Å². The molecule has 1 amide bonds. The molecule has 2 aliphatic rings. The molecule has 0 aliphatic heterocycles. The number of fused-ring (bicyclic) bond motifs is 2. The molecule has 22 heavy (non-hydrogen) atoms. The highest BCUT2D eigenvalue weighted by atomic mass is 35.5. The Morgan fingerprint density at radius 2 is 2.09 bits per heavy atom. The van der Waals surface area contributed by atoms with Gasteiger partial charge in [0.15, 0.2) is 0 Å². The predicted molar refractivity (Wildman–Crippen MR) is 89.1 cm³/mol. The lowest BCUT2D eigenvalue weighted by atomic mass is 9.95. The lowest BCUT2D eigenvalue weighted by molar-refractivity contribution is -0.117. The molecule has 2 aromatic rings. The summed E-state index contributed by atoms with van der Waals surface area (Å²) in [5.41, 5.74) is 9.13. The van der Waals surface area contributed by atoms with Gasteiger partial charge in [0.25, 0.3) is 0 Å². The highest BCUT2D eigenvalue weighted by molar-refractivity contribution is 5.96. The van der Waals surface area contributed by atoms with E-state index < -0.39 is 0 Å². The van der Waals surface area contributed by atoms with Crippen molar-refractivity contribution in [3.05, 3.63) is 53.7 Å². The van der Waals surface area contributed by atoms with Gasteiger partial charge in [0.05, 0.1) is 11.9 Å². The maximum atomic E-state index is 12.5. The third kappa shape index (κ3) is 2.24. The van der Waals surface area contributed by atoms with E-state index >= 15 is 0 Å². The Bertz CT molecular complexity index is 716. The molecule has 4 rings (SSSR count). The molecule has 2 atom stereocenters. The Kier molecular flexibility index (Phi) is 3.57. The number of pyridine rings is 1. The SMILES string of the molecule is Cl.Nc1ccc(NC(=O)C2CC23CCc2ccccc23)cn1. The smallest absolute Gasteiger partial charge is 0.228 e. The van der Waals surface area contributed by atoms with Gasteiger partial charge in [-0.25, -0.2) is 4.98 Å². The molecule has 1 aromatic carbocycles. The van der Waals surface area contributed by atoms with Crippen LogP contribution in [0, 0.1) is 5.92 Å². The van der Waals surface area contributed by atoms with E-state index in [2.05, 4.69) is 34.6 Å². The number of rotatable bonds is 2. The van der Waals surface area contributed by atoms with Crippen LogP contribution >= 0.6 is 12.4 Å². The standard InChI is InChI=1S/C17H17N3O.ClH/c18-15-6-5-12(10-19-15)20-16(21)14-9-17(14)8-7-11-3-1-2-4-13(11)17;/h1-6,10,14H,7-9H2,(H2,18,19)(H,20,21);1H. The van der Waals surface area contributed by atoms with Gasteiger partial charge in [0.1, 0.15) is 5.82 Å². The third-order valence-corrected chi connectivity index (χ3v) is 4.84. The van der Waals surface area contributed by atoms with Crippen LogP contribution in [0.1, 0.15) is 24.0 Å². The van der Waals surface area contributed by atoms with E-state index in [1.807, 2.05) is 0 Å². The molecule has 0 radical (unpaired) electrons. The van der Waals surface area contributed by atoms with E-state index in [1.54, 1.807) is 18.3 Å². The third-order valence-electron chi connectivity index (χ3n) is 4.84. The fourth-order valence-corrected chi connectivity index (χ4v) is 3.65. The molecule has 0 bridgehead atoms. The number of anilines is 2. The van der Waals surface area contributed by atoms with Crippen LogP contribution in [0.3, 0.4) is 0 Å². The molecular formula is C17H18ClN3O. The number of hydrogen-bond donors (Lipinski definition) is 2. The summed E-state index contributed by atoms with van der Waals surface area (Å²) in [4.78, 5) is 16.5. The summed E-state index contributed by atoms with van der Waals surface area (Å²) in [5.74, 6) is 0.637. The van der Waals surface area contributed by atoms with Crippen molar-refractivity contribution < 1.29 is 4.79 Å². The molecule has 0 saturated heterocycles. The van der Waals surface area contributed by atoms with Crippen molar-refractivity contribution in [3.63, 3.8) is 0 Å². The van der Waals surface area contributed by atoms with Gasteiger partial charge in [-0.3, -0.25) is 4.79 Å². The van der Waals surface area contributed by atoms with Crippen LogP contribution in [0.25, 0.3) is 0 Å². The van der Waals surface area contributed by atoms with Crippen LogP contribution in [0.2, 0.25) is 0 Å². The molecular weight excluding hydrogens is 298 g/mol. The first kappa shape index (κ1) is 14.9. The molecule has 1 fully saturated rings. The van der Waals surface area contributed by atoms with Crippen molar-refractivity contribution in [2.45, 2.75) is 24.7 Å². The minimum absolute atomic E-state index is 0. The van der Waals surface area contributed by atoms with Gasteiger partial charge >= 0.3 is 0 Å². The molecule has 2 unspecified atom stereocenters. The molecule has 1 aromatic heterocycles. The maximum Gasteiger partial charge on any atom is 0.228 e. The van der Waals surface area contributed by atoms with E-state index in [-0.39, 0.29) is 29.6 Å². The van der Waals surface area contributed by atoms with Crippen molar-refractivity contribution in [2.75, 3.05) is 11.1 Å². The minimum atomic E-state index is 0. The molecule has 1 heterocycles. The number of nitrogens with zero attached hydrogens (tertiary/aromatic N) is 1. The first-order chi connectivity index (χ1) is 10.2. The number of aryl methyl sites for hydroxylation is 1. The number of nitrogens with two attached hydrogens (primary N) is 1. The molecule has 114 valence electrons. The molecule has 3 N–H and O–H groups in total. The molecule has 1 spiro atoms. The second-order valence-electron chi connectivity index (χ2n) is 6.03. The average Bonchev–Trinajstić information content (AvgIpc) is 3.12. The van der Waals surface area contributed by atoms with Crippen LogP contribution < -0.4 is 11.1 Å². The van der Waals surface area contributed by atoms with Crippen molar-refractivity contribution in [1.82, 2.24) is 4.98 Å². The zero-order chi connectivity index (χ0) is 14.4. The van der Waals surface area contributed by atoms with Gasteiger partial charge in [-0.1, -0.05) is 24.3 Å². The van der Waals surface area contributed by atoms with Crippen LogP contribution in [-0.4, -0.2) is 10.9 Å². The molecule has 5 heteroatoms. The number of aromatic nitrogens is 1. The molecule has 1 saturated carbocycles. The van der Waals surface area contributed by atoms with Crippen LogP contribution in [0.4, 0.5) is 11.5 Å². The highest BCUT2D eigenvalue weighted by Crippen LogP contribution is 2.61. The normalized spacial score (nSPS) is 24.5. The lowest BCUT2D eigenvalue weighted by Crippen LogP contribution is -2.19. The highest BCUT2D eigenvalue weighted by Gasteiger charge is 2.61. The number of hydrogen-bond acceptors (Lipinski definition) is 3. The average molecular weight is 316 g/mol. The van der Waals surface area contributed by atoms with Gasteiger partial charge in [-0.05, 0) is 42.5 Å². The number of nitrogen functional groups attached to an aromatic ring is 1. The second kappa shape index (κ2) is 5.29. The number of halogens is 1. The fourth-order valence-electron chi connectivity index (χ4n) is 3.65. The monoisotopic (exact) mass is 315 g/mol. The van der Waals surface area contributed by atoms with Gasteiger partial charge in [-0.15, -0.1) is 12.4 Å². The largest absolute Gasteiger partial charge is 0.384 e. The number of benzene rings is 1. The first-order valence-corrected chi connectivity index (χ1v) is 7.30. The number of carbonyl (C=O) groups is 1. The van der Waals surface area contributed by atoms with Gasteiger partial charge in [-0.2, -0.15) is 0 Å². The summed E-state index contributed by atoms with van der Waals surface area (Å²) in [5, 5.41) is 2.96. The summed E-state index contributed by atoms with van der Waals surface area (Å²) in [6.07, 6.45) is 4.73. The topological polar surface area (TPSA) is 68.0 Å². The summed E-state index contributed by atoms with van der Waals surface area (Å²) in [7, 11) is 0. The molecule has 2 aliphatic carbocycles. The number of nitrogens with one attached hydrogen (secondary N) is 1. The summed E-state index contributed by atoms with van der Waals surface area (Å²) < 4.78 is 0. The van der Waals surface area contributed by atoms with E-state index in [4.69, 9.17) is 5.73 Å². The predicted octanol–water partition coefficient (Wildman–Crippen LogP) is 2.93. The first-order valence-electron chi connectivity index (χ1n) is 7.30. The Morgan fingerprint density at radius 3 is 2.86 bits per heavy atom. The molecule has 4 nitrogen and oxygen atoms in total. The Hall–Kier alpha value is -2.07. The zero-order valence-corrected chi connectivity index (χ0v) is 12.9. The summed E-state index contributed by atoms with van der Waals surface area (Å²) >= 11 is 0. The van der Waals surface area contributed by atoms with E-state index in [0.29, 0.717) is 11.5 Å². The maximum absolute atomic E-state index is 12.5. The van der Waals surface area contributed by atoms with Crippen molar-refractivity contribution in [2.24, 2.45) is 5.92 Å². The van der Waals surface area contributed by atoms with Crippen LogP contribution in [0.15, 0.2) is 42.6 Å². The summed E-state index contributed by atoms with van der Waals surface area (Å²) in [6.45, 7) is 0. The Balaban J connectivity index is 0.00000144. The van der Waals surface area contributed by atoms with Gasteiger partial charge < -0.3 is 11.1 Å². The van der Waals surface area contributed by atoms with Gasteiger partial charge in [0, 0.05) is 11.3 Å².